The maximum atomic E-state index is 12.4. The topological polar surface area (TPSA) is 92.2 Å². The summed E-state index contributed by atoms with van der Waals surface area (Å²) in [7, 11) is 1.94. The average Bonchev–Trinajstić information content (AvgIpc) is 3.01. The molecule has 1 aromatic heterocycles. The molecule has 0 fully saturated rings. The first-order valence-corrected chi connectivity index (χ1v) is 9.07. The summed E-state index contributed by atoms with van der Waals surface area (Å²) in [5.41, 5.74) is 2.64. The van der Waals surface area contributed by atoms with Crippen LogP contribution >= 0.6 is 0 Å². The highest BCUT2D eigenvalue weighted by Crippen LogP contribution is 2.24. The van der Waals surface area contributed by atoms with Gasteiger partial charge in [-0.15, -0.1) is 0 Å². The second kappa shape index (κ2) is 7.19. The Bertz CT molecular complexity index is 1090. The van der Waals surface area contributed by atoms with E-state index in [4.69, 9.17) is 0 Å². The SMILES string of the molecule is Cn1ccc2c(NC(=O)CC[C@H]3NC(=O)c4ccccc4NC3=O)cccc21. The Balaban J connectivity index is 1.42. The Morgan fingerprint density at radius 2 is 1.93 bits per heavy atom. The lowest BCUT2D eigenvalue weighted by molar-refractivity contribution is -0.118. The molecule has 1 atom stereocenters. The van der Waals surface area contributed by atoms with Crippen molar-refractivity contribution in [2.75, 3.05) is 10.6 Å². The van der Waals surface area contributed by atoms with Gasteiger partial charge in [-0.1, -0.05) is 18.2 Å². The van der Waals surface area contributed by atoms with E-state index < -0.39 is 6.04 Å². The van der Waals surface area contributed by atoms with Crippen molar-refractivity contribution in [2.45, 2.75) is 18.9 Å². The molecule has 0 saturated carbocycles. The number of nitrogens with one attached hydrogen (secondary N) is 3. The van der Waals surface area contributed by atoms with Crippen molar-refractivity contribution in [3.05, 3.63) is 60.3 Å². The first kappa shape index (κ1) is 17.8. The minimum absolute atomic E-state index is 0.109. The number of hydrogen-bond donors (Lipinski definition) is 3. The Morgan fingerprint density at radius 1 is 1.11 bits per heavy atom. The number of nitrogens with zero attached hydrogens (tertiary/aromatic N) is 1. The van der Waals surface area contributed by atoms with Gasteiger partial charge in [-0.3, -0.25) is 14.4 Å². The molecule has 0 unspecified atom stereocenters. The first-order chi connectivity index (χ1) is 13.5. The number of rotatable bonds is 4. The molecule has 1 aliphatic rings. The van der Waals surface area contributed by atoms with Crippen LogP contribution in [0.3, 0.4) is 0 Å². The predicted octanol–water partition coefficient (Wildman–Crippen LogP) is 2.65. The summed E-state index contributed by atoms with van der Waals surface area (Å²) in [5.74, 6) is -0.857. The Kier molecular flexibility index (Phi) is 4.57. The van der Waals surface area contributed by atoms with E-state index >= 15 is 0 Å². The third-order valence-electron chi connectivity index (χ3n) is 4.91. The smallest absolute Gasteiger partial charge is 0.254 e. The molecular formula is C21H20N4O3. The zero-order chi connectivity index (χ0) is 19.7. The summed E-state index contributed by atoms with van der Waals surface area (Å²) in [6.45, 7) is 0. The number of aryl methyl sites for hydroxylation is 1. The number of anilines is 2. The largest absolute Gasteiger partial charge is 0.350 e. The maximum Gasteiger partial charge on any atom is 0.254 e. The Morgan fingerprint density at radius 3 is 2.79 bits per heavy atom. The van der Waals surface area contributed by atoms with Gasteiger partial charge in [0.2, 0.25) is 11.8 Å². The van der Waals surface area contributed by atoms with Crippen LogP contribution < -0.4 is 16.0 Å². The van der Waals surface area contributed by atoms with E-state index in [1.54, 1.807) is 24.3 Å². The van der Waals surface area contributed by atoms with Crippen LogP contribution in [0.4, 0.5) is 11.4 Å². The van der Waals surface area contributed by atoms with Gasteiger partial charge in [0, 0.05) is 30.6 Å². The molecule has 0 saturated heterocycles. The number of hydrogen-bond acceptors (Lipinski definition) is 3. The fraction of sp³-hybridized carbons (Fsp3) is 0.190. The molecular weight excluding hydrogens is 356 g/mol. The fourth-order valence-electron chi connectivity index (χ4n) is 3.41. The summed E-state index contributed by atoms with van der Waals surface area (Å²) in [6, 6.07) is 13.7. The number of fused-ring (bicyclic) bond motifs is 2. The van der Waals surface area contributed by atoms with E-state index in [1.165, 1.54) is 0 Å². The van der Waals surface area contributed by atoms with Gasteiger partial charge in [-0.05, 0) is 36.8 Å². The lowest BCUT2D eigenvalue weighted by atomic mass is 10.1. The summed E-state index contributed by atoms with van der Waals surface area (Å²) in [5, 5.41) is 9.30. The van der Waals surface area contributed by atoms with Gasteiger partial charge >= 0.3 is 0 Å². The number of carbonyl (C=O) groups is 3. The van der Waals surface area contributed by atoms with Crippen LogP contribution in [0, 0.1) is 0 Å². The molecule has 7 nitrogen and oxygen atoms in total. The molecule has 0 spiro atoms. The van der Waals surface area contributed by atoms with Crippen molar-refractivity contribution in [1.82, 2.24) is 9.88 Å². The van der Waals surface area contributed by atoms with Crippen molar-refractivity contribution in [3.63, 3.8) is 0 Å². The van der Waals surface area contributed by atoms with Gasteiger partial charge < -0.3 is 20.5 Å². The summed E-state index contributed by atoms with van der Waals surface area (Å²) < 4.78 is 1.98. The monoisotopic (exact) mass is 376 g/mol. The number of aromatic nitrogens is 1. The molecule has 142 valence electrons. The van der Waals surface area contributed by atoms with Crippen molar-refractivity contribution in [1.29, 1.82) is 0 Å². The summed E-state index contributed by atoms with van der Waals surface area (Å²) >= 11 is 0. The van der Waals surface area contributed by atoms with Crippen LogP contribution in [0.25, 0.3) is 10.9 Å². The number of benzene rings is 2. The van der Waals surface area contributed by atoms with Crippen molar-refractivity contribution < 1.29 is 14.4 Å². The first-order valence-electron chi connectivity index (χ1n) is 9.07. The minimum Gasteiger partial charge on any atom is -0.350 e. The standard InChI is InChI=1S/C21H20N4O3/c1-25-12-11-13-15(7-4-8-18(13)25)22-19(26)10-9-17-21(28)23-16-6-3-2-5-14(16)20(27)24-17/h2-8,11-12,17H,9-10H2,1H3,(H,22,26)(H,23,28)(H,24,27)/t17-/m1/s1. The molecule has 3 amide bonds. The maximum absolute atomic E-state index is 12.4. The molecule has 0 bridgehead atoms. The molecule has 4 rings (SSSR count). The van der Waals surface area contributed by atoms with Crippen molar-refractivity contribution in [2.24, 2.45) is 7.05 Å². The Labute approximate surface area is 161 Å². The molecule has 28 heavy (non-hydrogen) atoms. The van der Waals surface area contributed by atoms with E-state index in [-0.39, 0.29) is 30.6 Å². The summed E-state index contributed by atoms with van der Waals surface area (Å²) in [6.07, 6.45) is 2.25. The highest BCUT2D eigenvalue weighted by atomic mass is 16.2. The zero-order valence-electron chi connectivity index (χ0n) is 15.4. The lowest BCUT2D eigenvalue weighted by Gasteiger charge is -2.14. The third kappa shape index (κ3) is 3.34. The van der Waals surface area contributed by atoms with Crippen LogP contribution in [0.5, 0.6) is 0 Å². The van der Waals surface area contributed by atoms with Crippen molar-refractivity contribution >= 4 is 40.0 Å². The second-order valence-electron chi connectivity index (χ2n) is 6.81. The molecule has 1 aliphatic heterocycles. The van der Waals surface area contributed by atoms with Crippen molar-refractivity contribution in [3.8, 4) is 0 Å². The van der Waals surface area contributed by atoms with E-state index in [1.807, 2.05) is 42.1 Å². The predicted molar refractivity (Wildman–Crippen MR) is 107 cm³/mol. The van der Waals surface area contributed by atoms with E-state index in [9.17, 15) is 14.4 Å². The van der Waals surface area contributed by atoms with Gasteiger partial charge in [-0.2, -0.15) is 0 Å². The number of para-hydroxylation sites is 1. The van der Waals surface area contributed by atoms with E-state index in [0.29, 0.717) is 11.3 Å². The van der Waals surface area contributed by atoms with Crippen LogP contribution in [0.2, 0.25) is 0 Å². The lowest BCUT2D eigenvalue weighted by Crippen LogP contribution is -2.41. The molecule has 3 N–H and O–H groups in total. The summed E-state index contributed by atoms with van der Waals surface area (Å²) in [4.78, 5) is 37.2. The van der Waals surface area contributed by atoms with Gasteiger partial charge in [0.05, 0.1) is 16.9 Å². The highest BCUT2D eigenvalue weighted by molar-refractivity contribution is 6.10. The molecule has 7 heteroatoms. The Hall–Kier alpha value is -3.61. The van der Waals surface area contributed by atoms with Gasteiger partial charge in [0.25, 0.3) is 5.91 Å². The fourth-order valence-corrected chi connectivity index (χ4v) is 3.41. The van der Waals surface area contributed by atoms with Crippen LogP contribution in [-0.2, 0) is 16.6 Å². The van der Waals surface area contributed by atoms with Crippen LogP contribution in [0.15, 0.2) is 54.7 Å². The van der Waals surface area contributed by atoms with Crippen LogP contribution in [0.1, 0.15) is 23.2 Å². The average molecular weight is 376 g/mol. The minimum atomic E-state index is -0.766. The van der Waals surface area contributed by atoms with Gasteiger partial charge in [-0.25, -0.2) is 0 Å². The van der Waals surface area contributed by atoms with Gasteiger partial charge in [0.1, 0.15) is 6.04 Å². The molecule has 2 aromatic carbocycles. The zero-order valence-corrected chi connectivity index (χ0v) is 15.4. The van der Waals surface area contributed by atoms with E-state index in [0.717, 1.165) is 16.6 Å². The second-order valence-corrected chi connectivity index (χ2v) is 6.81. The third-order valence-corrected chi connectivity index (χ3v) is 4.91. The number of carbonyl (C=O) groups excluding carboxylic acids is 3. The highest BCUT2D eigenvalue weighted by Gasteiger charge is 2.27. The van der Waals surface area contributed by atoms with Crippen LogP contribution in [-0.4, -0.2) is 28.3 Å². The number of amides is 3. The molecule has 0 aliphatic carbocycles. The van der Waals surface area contributed by atoms with E-state index in [2.05, 4.69) is 16.0 Å². The molecule has 2 heterocycles. The normalized spacial score (nSPS) is 16.1. The quantitative estimate of drug-likeness (QED) is 0.654. The molecule has 0 radical (unpaired) electrons. The molecule has 3 aromatic rings. The van der Waals surface area contributed by atoms with Gasteiger partial charge in [0.15, 0.2) is 0 Å².